The van der Waals surface area contributed by atoms with Crippen LogP contribution in [0.25, 0.3) is 0 Å². The Morgan fingerprint density at radius 1 is 1.29 bits per heavy atom. The van der Waals surface area contributed by atoms with Crippen LogP contribution in [0.2, 0.25) is 0 Å². The van der Waals surface area contributed by atoms with Crippen molar-refractivity contribution in [3.63, 3.8) is 0 Å². The van der Waals surface area contributed by atoms with Crippen LogP contribution in [0, 0.1) is 5.41 Å². The van der Waals surface area contributed by atoms with Gasteiger partial charge < -0.3 is 10.1 Å². The number of nitrogens with zero attached hydrogens (tertiary/aromatic N) is 2. The molecule has 1 fully saturated rings. The third-order valence-corrected chi connectivity index (χ3v) is 3.44. The van der Waals surface area contributed by atoms with Crippen molar-refractivity contribution in [2.75, 3.05) is 12.4 Å². The van der Waals surface area contributed by atoms with Crippen LogP contribution in [0.5, 0.6) is 5.88 Å². The molecule has 1 aliphatic carbocycles. The lowest BCUT2D eigenvalue weighted by molar-refractivity contribution is 0.0947. The van der Waals surface area contributed by atoms with Gasteiger partial charge in [0.05, 0.1) is 12.4 Å². The van der Waals surface area contributed by atoms with Crippen LogP contribution in [0.3, 0.4) is 0 Å². The second-order valence-electron chi connectivity index (χ2n) is 5.47. The highest BCUT2D eigenvalue weighted by Crippen LogP contribution is 2.36. The molecule has 4 nitrogen and oxygen atoms in total. The number of hydrogen-bond donors (Lipinski definition) is 1. The smallest absolute Gasteiger partial charge is 0.234 e. The summed E-state index contributed by atoms with van der Waals surface area (Å²) in [6.07, 6.45) is 8.33. The Bertz CT molecular complexity index is 369. The minimum absolute atomic E-state index is 0.296. The van der Waals surface area contributed by atoms with Crippen molar-refractivity contribution >= 4 is 5.82 Å². The molecule has 4 heteroatoms. The number of ether oxygens (including phenoxy) is 1. The number of hydrogen-bond acceptors (Lipinski definition) is 4. The maximum Gasteiger partial charge on any atom is 0.234 e. The molecular formula is C13H21N3O. The fourth-order valence-electron chi connectivity index (χ4n) is 2.19. The molecule has 0 bridgehead atoms. The van der Waals surface area contributed by atoms with E-state index in [1.54, 1.807) is 12.4 Å². The number of anilines is 1. The molecule has 0 aromatic carbocycles. The summed E-state index contributed by atoms with van der Waals surface area (Å²) in [5.41, 5.74) is 0.471. The fraction of sp³-hybridized carbons (Fsp3) is 0.692. The zero-order valence-electron chi connectivity index (χ0n) is 10.9. The molecule has 1 aromatic heterocycles. The standard InChI is InChI=1S/C13H21N3O/c1-13(2)6-4-10(5-7-13)17-12-9-15-8-11(14-3)16-12/h8-10H,4-7H2,1-3H3,(H,14,16). The molecule has 0 radical (unpaired) electrons. The third-order valence-electron chi connectivity index (χ3n) is 3.44. The molecule has 0 atom stereocenters. The van der Waals surface area contributed by atoms with Crippen molar-refractivity contribution in [1.82, 2.24) is 9.97 Å². The molecule has 0 saturated heterocycles. The minimum atomic E-state index is 0.296. The predicted octanol–water partition coefficient (Wildman–Crippen LogP) is 2.87. The van der Waals surface area contributed by atoms with Crippen molar-refractivity contribution in [3.05, 3.63) is 12.4 Å². The monoisotopic (exact) mass is 235 g/mol. The summed E-state index contributed by atoms with van der Waals surface area (Å²) in [7, 11) is 1.83. The summed E-state index contributed by atoms with van der Waals surface area (Å²) in [6, 6.07) is 0. The van der Waals surface area contributed by atoms with Gasteiger partial charge in [-0.15, -0.1) is 0 Å². The van der Waals surface area contributed by atoms with Gasteiger partial charge in [0.15, 0.2) is 0 Å². The van der Waals surface area contributed by atoms with E-state index in [-0.39, 0.29) is 0 Å². The highest BCUT2D eigenvalue weighted by atomic mass is 16.5. The van der Waals surface area contributed by atoms with Gasteiger partial charge in [-0.25, -0.2) is 0 Å². The van der Waals surface area contributed by atoms with Gasteiger partial charge in [-0.1, -0.05) is 13.8 Å². The van der Waals surface area contributed by atoms with E-state index in [2.05, 4.69) is 29.1 Å². The van der Waals surface area contributed by atoms with Crippen molar-refractivity contribution in [2.24, 2.45) is 5.41 Å². The average molecular weight is 235 g/mol. The summed E-state index contributed by atoms with van der Waals surface area (Å²) < 4.78 is 5.88. The number of aromatic nitrogens is 2. The summed E-state index contributed by atoms with van der Waals surface area (Å²) in [6.45, 7) is 4.65. The minimum Gasteiger partial charge on any atom is -0.473 e. The van der Waals surface area contributed by atoms with Crippen molar-refractivity contribution < 1.29 is 4.74 Å². The van der Waals surface area contributed by atoms with Gasteiger partial charge in [-0.05, 0) is 31.1 Å². The molecule has 1 heterocycles. The highest BCUT2D eigenvalue weighted by Gasteiger charge is 2.28. The first-order valence-corrected chi connectivity index (χ1v) is 6.25. The zero-order chi connectivity index (χ0) is 12.3. The quantitative estimate of drug-likeness (QED) is 0.875. The Balaban J connectivity index is 1.93. The van der Waals surface area contributed by atoms with E-state index in [1.165, 1.54) is 12.8 Å². The topological polar surface area (TPSA) is 47.0 Å². The fourth-order valence-corrected chi connectivity index (χ4v) is 2.19. The first-order valence-electron chi connectivity index (χ1n) is 6.25. The maximum atomic E-state index is 5.88. The van der Waals surface area contributed by atoms with Crippen LogP contribution < -0.4 is 10.1 Å². The van der Waals surface area contributed by atoms with Gasteiger partial charge in [-0.2, -0.15) is 4.98 Å². The van der Waals surface area contributed by atoms with E-state index in [0.717, 1.165) is 18.7 Å². The van der Waals surface area contributed by atoms with Crippen LogP contribution in [-0.4, -0.2) is 23.1 Å². The van der Waals surface area contributed by atoms with Crippen LogP contribution in [0.4, 0.5) is 5.82 Å². The Hall–Kier alpha value is -1.32. The largest absolute Gasteiger partial charge is 0.473 e. The molecule has 1 N–H and O–H groups in total. The lowest BCUT2D eigenvalue weighted by Gasteiger charge is -2.34. The Labute approximate surface area is 103 Å². The molecular weight excluding hydrogens is 214 g/mol. The molecule has 1 aliphatic rings. The molecule has 0 unspecified atom stereocenters. The molecule has 0 amide bonds. The Morgan fingerprint density at radius 3 is 2.65 bits per heavy atom. The second kappa shape index (κ2) is 4.90. The predicted molar refractivity (Wildman–Crippen MR) is 68.2 cm³/mol. The SMILES string of the molecule is CNc1cncc(OC2CCC(C)(C)CC2)n1. The third kappa shape index (κ3) is 3.32. The molecule has 1 saturated carbocycles. The van der Waals surface area contributed by atoms with E-state index in [1.807, 2.05) is 7.05 Å². The van der Waals surface area contributed by atoms with Crippen LogP contribution >= 0.6 is 0 Å². The van der Waals surface area contributed by atoms with E-state index in [9.17, 15) is 0 Å². The summed E-state index contributed by atoms with van der Waals surface area (Å²) in [4.78, 5) is 8.43. The van der Waals surface area contributed by atoms with Crippen LogP contribution in [0.1, 0.15) is 39.5 Å². The second-order valence-corrected chi connectivity index (χ2v) is 5.47. The van der Waals surface area contributed by atoms with E-state index in [4.69, 9.17) is 4.74 Å². The average Bonchev–Trinajstić information content (AvgIpc) is 2.32. The highest BCUT2D eigenvalue weighted by molar-refractivity contribution is 5.31. The van der Waals surface area contributed by atoms with E-state index in [0.29, 0.717) is 17.4 Å². The molecule has 0 aliphatic heterocycles. The van der Waals surface area contributed by atoms with E-state index >= 15 is 0 Å². The van der Waals surface area contributed by atoms with Gasteiger partial charge in [0, 0.05) is 7.05 Å². The summed E-state index contributed by atoms with van der Waals surface area (Å²) in [5, 5.41) is 2.96. The number of rotatable bonds is 3. The maximum absolute atomic E-state index is 5.88. The molecule has 0 spiro atoms. The van der Waals surface area contributed by atoms with Crippen LogP contribution in [-0.2, 0) is 0 Å². The summed E-state index contributed by atoms with van der Waals surface area (Å²) in [5.74, 6) is 1.38. The van der Waals surface area contributed by atoms with Crippen molar-refractivity contribution in [3.8, 4) is 5.88 Å². The Morgan fingerprint density at radius 2 is 2.00 bits per heavy atom. The first-order chi connectivity index (χ1) is 8.09. The Kier molecular flexibility index (Phi) is 3.50. The van der Waals surface area contributed by atoms with Crippen LogP contribution in [0.15, 0.2) is 12.4 Å². The van der Waals surface area contributed by atoms with Gasteiger partial charge in [0.1, 0.15) is 11.9 Å². The molecule has 2 rings (SSSR count). The lowest BCUT2D eigenvalue weighted by atomic mass is 9.76. The first kappa shape index (κ1) is 12.1. The van der Waals surface area contributed by atoms with E-state index < -0.39 is 0 Å². The van der Waals surface area contributed by atoms with Gasteiger partial charge in [-0.3, -0.25) is 4.98 Å². The van der Waals surface area contributed by atoms with Crippen molar-refractivity contribution in [2.45, 2.75) is 45.6 Å². The summed E-state index contributed by atoms with van der Waals surface area (Å²) >= 11 is 0. The van der Waals surface area contributed by atoms with Crippen molar-refractivity contribution in [1.29, 1.82) is 0 Å². The van der Waals surface area contributed by atoms with Gasteiger partial charge >= 0.3 is 0 Å². The zero-order valence-corrected chi connectivity index (χ0v) is 10.9. The normalized spacial score (nSPS) is 19.9. The molecule has 1 aromatic rings. The van der Waals surface area contributed by atoms with Gasteiger partial charge in [0.2, 0.25) is 5.88 Å². The lowest BCUT2D eigenvalue weighted by Crippen LogP contribution is -2.28. The molecule has 94 valence electrons. The number of nitrogens with one attached hydrogen (secondary N) is 1. The van der Waals surface area contributed by atoms with Gasteiger partial charge in [0.25, 0.3) is 0 Å². The molecule has 17 heavy (non-hydrogen) atoms.